The lowest BCUT2D eigenvalue weighted by Gasteiger charge is -2.10. The van der Waals surface area contributed by atoms with Crippen molar-refractivity contribution in [1.29, 1.82) is 0 Å². The van der Waals surface area contributed by atoms with Gasteiger partial charge in [-0.2, -0.15) is 0 Å². The van der Waals surface area contributed by atoms with Crippen molar-refractivity contribution in [2.75, 3.05) is 0 Å². The normalized spacial score (nSPS) is 10.4. The molecule has 0 aliphatic rings. The van der Waals surface area contributed by atoms with E-state index in [2.05, 4.69) is 0 Å². The third-order valence-corrected chi connectivity index (χ3v) is 2.64. The van der Waals surface area contributed by atoms with E-state index in [4.69, 9.17) is 4.74 Å². The van der Waals surface area contributed by atoms with E-state index in [9.17, 15) is 18.0 Å². The highest BCUT2D eigenvalue weighted by molar-refractivity contribution is 5.96. The highest BCUT2D eigenvalue weighted by Crippen LogP contribution is 2.22. The van der Waals surface area contributed by atoms with Crippen LogP contribution in [0.15, 0.2) is 36.4 Å². The Morgan fingerprint density at radius 2 is 1.65 bits per heavy atom. The third-order valence-electron chi connectivity index (χ3n) is 2.64. The van der Waals surface area contributed by atoms with Crippen LogP contribution < -0.4 is 4.74 Å². The van der Waals surface area contributed by atoms with Crippen LogP contribution in [-0.2, 0) is 6.61 Å². The molecule has 0 amide bonds. The second-order valence-corrected chi connectivity index (χ2v) is 4.26. The molecule has 0 saturated heterocycles. The first-order chi connectivity index (χ1) is 9.45. The van der Waals surface area contributed by atoms with Crippen molar-refractivity contribution >= 4 is 5.78 Å². The van der Waals surface area contributed by atoms with Gasteiger partial charge in [0.25, 0.3) is 0 Å². The Bertz CT molecular complexity index is 633. The van der Waals surface area contributed by atoms with E-state index in [1.54, 1.807) is 0 Å². The molecule has 0 aliphatic carbocycles. The standard InChI is InChI=1S/C15H11F3O2/c1-9(19)14-7-11(16)2-3-15(14)20-8-10-4-12(17)6-13(18)5-10/h2-7H,8H2,1H3. The number of hydrogen-bond acceptors (Lipinski definition) is 2. The van der Waals surface area contributed by atoms with Crippen molar-refractivity contribution in [2.45, 2.75) is 13.5 Å². The Kier molecular flexibility index (Phi) is 4.08. The molecule has 0 heterocycles. The molecule has 0 radical (unpaired) electrons. The van der Waals surface area contributed by atoms with Crippen LogP contribution in [-0.4, -0.2) is 5.78 Å². The van der Waals surface area contributed by atoms with Crippen LogP contribution in [0, 0.1) is 17.5 Å². The minimum Gasteiger partial charge on any atom is -0.488 e. The lowest BCUT2D eigenvalue weighted by molar-refractivity contribution is 0.101. The van der Waals surface area contributed by atoms with Crippen LogP contribution in [0.5, 0.6) is 5.75 Å². The number of Topliss-reactive ketones (excluding diaryl/α,β-unsaturated/α-hetero) is 1. The molecule has 0 spiro atoms. The Morgan fingerprint density at radius 1 is 1.00 bits per heavy atom. The minimum atomic E-state index is -0.713. The first kappa shape index (κ1) is 14.1. The summed E-state index contributed by atoms with van der Waals surface area (Å²) in [6, 6.07) is 6.52. The van der Waals surface area contributed by atoms with Crippen molar-refractivity contribution in [3.63, 3.8) is 0 Å². The summed E-state index contributed by atoms with van der Waals surface area (Å²) in [6.45, 7) is 1.16. The van der Waals surface area contributed by atoms with Crippen LogP contribution in [0.3, 0.4) is 0 Å². The van der Waals surface area contributed by atoms with Crippen molar-refractivity contribution in [2.24, 2.45) is 0 Å². The van der Waals surface area contributed by atoms with Gasteiger partial charge in [-0.25, -0.2) is 13.2 Å². The Labute approximate surface area is 113 Å². The molecule has 104 valence electrons. The highest BCUT2D eigenvalue weighted by atomic mass is 19.1. The van der Waals surface area contributed by atoms with Crippen molar-refractivity contribution in [1.82, 2.24) is 0 Å². The van der Waals surface area contributed by atoms with Crippen molar-refractivity contribution in [3.05, 3.63) is 65.0 Å². The zero-order valence-corrected chi connectivity index (χ0v) is 10.6. The van der Waals surface area contributed by atoms with Crippen LogP contribution in [0.2, 0.25) is 0 Å². The third kappa shape index (κ3) is 3.38. The summed E-state index contributed by atoms with van der Waals surface area (Å²) in [4.78, 5) is 11.4. The molecule has 0 atom stereocenters. The maximum Gasteiger partial charge on any atom is 0.163 e. The Hall–Kier alpha value is -2.30. The maximum atomic E-state index is 13.1. The number of ketones is 1. The average Bonchev–Trinajstić information content (AvgIpc) is 2.36. The van der Waals surface area contributed by atoms with Gasteiger partial charge in [0, 0.05) is 6.07 Å². The number of benzene rings is 2. The van der Waals surface area contributed by atoms with Gasteiger partial charge in [-0.3, -0.25) is 4.79 Å². The van der Waals surface area contributed by atoms with Crippen molar-refractivity contribution < 1.29 is 22.7 Å². The summed E-state index contributed by atoms with van der Waals surface area (Å²) in [5, 5.41) is 0. The smallest absolute Gasteiger partial charge is 0.163 e. The van der Waals surface area contributed by atoms with Gasteiger partial charge in [-0.05, 0) is 42.8 Å². The maximum absolute atomic E-state index is 13.1. The molecule has 0 unspecified atom stereocenters. The zero-order valence-electron chi connectivity index (χ0n) is 10.6. The predicted molar refractivity (Wildman–Crippen MR) is 67.1 cm³/mol. The van der Waals surface area contributed by atoms with Gasteiger partial charge < -0.3 is 4.74 Å². The molecule has 0 fully saturated rings. The van der Waals surface area contributed by atoms with Crippen LogP contribution in [0.1, 0.15) is 22.8 Å². The number of ether oxygens (including phenoxy) is 1. The molecule has 2 aromatic rings. The summed E-state index contributed by atoms with van der Waals surface area (Å²) >= 11 is 0. The number of halogens is 3. The topological polar surface area (TPSA) is 26.3 Å². The van der Waals surface area contributed by atoms with E-state index in [1.165, 1.54) is 13.0 Å². The van der Waals surface area contributed by atoms with E-state index >= 15 is 0 Å². The summed E-state index contributed by atoms with van der Waals surface area (Å²) in [6.07, 6.45) is 0. The highest BCUT2D eigenvalue weighted by Gasteiger charge is 2.10. The molecule has 2 aromatic carbocycles. The van der Waals surface area contributed by atoms with Gasteiger partial charge in [0.15, 0.2) is 5.78 Å². The first-order valence-corrected chi connectivity index (χ1v) is 5.84. The molecule has 2 rings (SSSR count). The van der Waals surface area contributed by atoms with Crippen LogP contribution in [0.4, 0.5) is 13.2 Å². The van der Waals surface area contributed by atoms with Crippen LogP contribution in [0.25, 0.3) is 0 Å². The second kappa shape index (κ2) is 5.77. The largest absolute Gasteiger partial charge is 0.488 e. The fraction of sp³-hybridized carbons (Fsp3) is 0.133. The molecule has 0 bridgehead atoms. The Balaban J connectivity index is 2.20. The van der Waals surface area contributed by atoms with Crippen LogP contribution >= 0.6 is 0 Å². The lowest BCUT2D eigenvalue weighted by atomic mass is 10.1. The van der Waals surface area contributed by atoms with E-state index in [-0.39, 0.29) is 29.3 Å². The van der Waals surface area contributed by atoms with Gasteiger partial charge in [-0.15, -0.1) is 0 Å². The Morgan fingerprint density at radius 3 is 2.25 bits per heavy atom. The zero-order chi connectivity index (χ0) is 14.7. The lowest BCUT2D eigenvalue weighted by Crippen LogP contribution is -2.03. The quantitative estimate of drug-likeness (QED) is 0.794. The van der Waals surface area contributed by atoms with E-state index < -0.39 is 17.5 Å². The van der Waals surface area contributed by atoms with Gasteiger partial charge in [0.1, 0.15) is 29.8 Å². The summed E-state index contributed by atoms with van der Waals surface area (Å²) in [5.74, 6) is -2.17. The van der Waals surface area contributed by atoms with Gasteiger partial charge in [-0.1, -0.05) is 0 Å². The fourth-order valence-electron chi connectivity index (χ4n) is 1.76. The molecule has 5 heteroatoms. The van der Waals surface area contributed by atoms with E-state index in [0.717, 1.165) is 30.3 Å². The number of rotatable bonds is 4. The summed E-state index contributed by atoms with van der Waals surface area (Å²) < 4.78 is 44.4. The number of carbonyl (C=O) groups excluding carboxylic acids is 1. The van der Waals surface area contributed by atoms with E-state index in [1.807, 2.05) is 0 Å². The summed E-state index contributed by atoms with van der Waals surface area (Å²) in [5.41, 5.74) is 0.364. The predicted octanol–water partition coefficient (Wildman–Crippen LogP) is 3.89. The monoisotopic (exact) mass is 280 g/mol. The molecule has 20 heavy (non-hydrogen) atoms. The van der Waals surface area contributed by atoms with Gasteiger partial charge >= 0.3 is 0 Å². The van der Waals surface area contributed by atoms with Crippen molar-refractivity contribution in [3.8, 4) is 5.75 Å². The number of hydrogen-bond donors (Lipinski definition) is 0. The SMILES string of the molecule is CC(=O)c1cc(F)ccc1OCc1cc(F)cc(F)c1. The molecule has 2 nitrogen and oxygen atoms in total. The molecule has 0 aromatic heterocycles. The second-order valence-electron chi connectivity index (χ2n) is 4.26. The molecular weight excluding hydrogens is 269 g/mol. The molecule has 0 saturated carbocycles. The first-order valence-electron chi connectivity index (χ1n) is 5.84. The van der Waals surface area contributed by atoms with Gasteiger partial charge in [0.05, 0.1) is 5.56 Å². The van der Waals surface area contributed by atoms with E-state index in [0.29, 0.717) is 0 Å². The average molecular weight is 280 g/mol. The minimum absolute atomic E-state index is 0.0851. The molecule has 0 aliphatic heterocycles. The molecular formula is C15H11F3O2. The van der Waals surface area contributed by atoms with Gasteiger partial charge in [0.2, 0.25) is 0 Å². The number of carbonyl (C=O) groups is 1. The fourth-order valence-corrected chi connectivity index (χ4v) is 1.76. The summed E-state index contributed by atoms with van der Waals surface area (Å²) in [7, 11) is 0. The molecule has 0 N–H and O–H groups in total.